The summed E-state index contributed by atoms with van der Waals surface area (Å²) in [6.45, 7) is 9.35. The Morgan fingerprint density at radius 1 is 1.03 bits per heavy atom. The second-order valence-electron chi connectivity index (χ2n) is 8.97. The molecule has 2 heterocycles. The second-order valence-corrected chi connectivity index (χ2v) is 8.97. The summed E-state index contributed by atoms with van der Waals surface area (Å²) in [5, 5.41) is 0. The maximum atomic E-state index is 12.7. The first-order chi connectivity index (χ1) is 14.2. The molecule has 3 aliphatic rings. The van der Waals surface area contributed by atoms with E-state index < -0.39 is 0 Å². The monoisotopic (exact) mass is 399 g/mol. The third-order valence-corrected chi connectivity index (χ3v) is 7.01. The number of morpholine rings is 1. The quantitative estimate of drug-likeness (QED) is 0.761. The molecule has 1 aromatic carbocycles. The van der Waals surface area contributed by atoms with Gasteiger partial charge < -0.3 is 14.5 Å². The van der Waals surface area contributed by atoms with Crippen molar-refractivity contribution in [2.45, 2.75) is 51.5 Å². The number of rotatable bonds is 5. The van der Waals surface area contributed by atoms with Gasteiger partial charge in [0, 0.05) is 38.8 Å². The standard InChI is InChI=1S/C24H37N3O2/c1-2-11-27(23-8-7-21-5-3-4-6-22(21)18-23)19-20-9-12-25(13-10-20)24(28)26-14-16-29-17-15-26/h3-6,20,23H,2,7-19H2,1H3. The number of benzene rings is 1. The maximum Gasteiger partial charge on any atom is 0.320 e. The number of fused-ring (bicyclic) bond motifs is 1. The zero-order chi connectivity index (χ0) is 20.1. The highest BCUT2D eigenvalue weighted by Crippen LogP contribution is 2.27. The molecule has 1 aliphatic carbocycles. The van der Waals surface area contributed by atoms with Crippen LogP contribution in [0.5, 0.6) is 0 Å². The molecular weight excluding hydrogens is 362 g/mol. The fraction of sp³-hybridized carbons (Fsp3) is 0.708. The zero-order valence-electron chi connectivity index (χ0n) is 18.0. The van der Waals surface area contributed by atoms with Crippen molar-refractivity contribution in [2.75, 3.05) is 52.5 Å². The number of urea groups is 1. The van der Waals surface area contributed by atoms with Crippen LogP contribution in [0.1, 0.15) is 43.7 Å². The van der Waals surface area contributed by atoms with Gasteiger partial charge in [0.1, 0.15) is 0 Å². The molecule has 0 radical (unpaired) electrons. The molecule has 2 saturated heterocycles. The van der Waals surface area contributed by atoms with Gasteiger partial charge in [-0.2, -0.15) is 0 Å². The lowest BCUT2D eigenvalue weighted by atomic mass is 9.86. The number of ether oxygens (including phenoxy) is 1. The Kier molecular flexibility index (Phi) is 7.09. The highest BCUT2D eigenvalue weighted by Gasteiger charge is 2.30. The Balaban J connectivity index is 1.29. The van der Waals surface area contributed by atoms with Gasteiger partial charge in [-0.25, -0.2) is 4.79 Å². The third-order valence-electron chi connectivity index (χ3n) is 7.01. The Labute approximate surface area is 176 Å². The number of likely N-dealkylation sites (tertiary alicyclic amines) is 1. The van der Waals surface area contributed by atoms with Gasteiger partial charge >= 0.3 is 6.03 Å². The number of nitrogens with zero attached hydrogens (tertiary/aromatic N) is 3. The van der Waals surface area contributed by atoms with Crippen molar-refractivity contribution in [3.8, 4) is 0 Å². The summed E-state index contributed by atoms with van der Waals surface area (Å²) in [5.74, 6) is 0.715. The lowest BCUT2D eigenvalue weighted by Gasteiger charge is -2.41. The predicted octanol–water partition coefficient (Wildman–Crippen LogP) is 3.42. The summed E-state index contributed by atoms with van der Waals surface area (Å²) in [5.41, 5.74) is 3.10. The molecule has 0 N–H and O–H groups in total. The first kappa shape index (κ1) is 20.7. The smallest absolute Gasteiger partial charge is 0.320 e. The average molecular weight is 400 g/mol. The Bertz CT molecular complexity index is 666. The van der Waals surface area contributed by atoms with E-state index >= 15 is 0 Å². The minimum atomic E-state index is 0.223. The minimum Gasteiger partial charge on any atom is -0.378 e. The minimum absolute atomic E-state index is 0.223. The lowest BCUT2D eigenvalue weighted by molar-refractivity contribution is 0.0383. The SMILES string of the molecule is CCCN(CC1CCN(C(=O)N2CCOCC2)CC1)C1CCc2ccccc2C1. The van der Waals surface area contributed by atoms with Gasteiger partial charge in [0.2, 0.25) is 0 Å². The summed E-state index contributed by atoms with van der Waals surface area (Å²) in [7, 11) is 0. The number of aryl methyl sites for hydroxylation is 1. The molecule has 1 atom stereocenters. The highest BCUT2D eigenvalue weighted by molar-refractivity contribution is 5.74. The molecule has 0 bridgehead atoms. The van der Waals surface area contributed by atoms with E-state index in [9.17, 15) is 4.79 Å². The van der Waals surface area contributed by atoms with E-state index in [1.807, 2.05) is 4.90 Å². The topological polar surface area (TPSA) is 36.0 Å². The molecule has 0 spiro atoms. The van der Waals surface area contributed by atoms with Gasteiger partial charge in [-0.15, -0.1) is 0 Å². The second kappa shape index (κ2) is 9.94. The van der Waals surface area contributed by atoms with Crippen molar-refractivity contribution >= 4 is 6.03 Å². The molecule has 2 fully saturated rings. The van der Waals surface area contributed by atoms with Crippen LogP contribution in [0.2, 0.25) is 0 Å². The molecule has 5 nitrogen and oxygen atoms in total. The fourth-order valence-corrected chi connectivity index (χ4v) is 5.29. The normalized spacial score (nSPS) is 23.3. The first-order valence-electron chi connectivity index (χ1n) is 11.7. The fourth-order valence-electron chi connectivity index (χ4n) is 5.29. The van der Waals surface area contributed by atoms with Crippen LogP contribution in [0, 0.1) is 5.92 Å². The molecular formula is C24H37N3O2. The largest absolute Gasteiger partial charge is 0.378 e. The highest BCUT2D eigenvalue weighted by atomic mass is 16.5. The molecule has 4 rings (SSSR count). The number of carbonyl (C=O) groups excluding carboxylic acids is 1. The Hall–Kier alpha value is -1.59. The van der Waals surface area contributed by atoms with Gasteiger partial charge in [0.05, 0.1) is 13.2 Å². The van der Waals surface area contributed by atoms with Gasteiger partial charge in [-0.1, -0.05) is 31.2 Å². The summed E-state index contributed by atoms with van der Waals surface area (Å²) >= 11 is 0. The van der Waals surface area contributed by atoms with Crippen LogP contribution in [0.15, 0.2) is 24.3 Å². The lowest BCUT2D eigenvalue weighted by Crippen LogP contribution is -2.51. The van der Waals surface area contributed by atoms with Crippen LogP contribution < -0.4 is 0 Å². The van der Waals surface area contributed by atoms with E-state index in [2.05, 4.69) is 41.0 Å². The predicted molar refractivity (Wildman–Crippen MR) is 116 cm³/mol. The van der Waals surface area contributed by atoms with Gasteiger partial charge in [-0.05, 0) is 62.1 Å². The first-order valence-corrected chi connectivity index (χ1v) is 11.7. The molecule has 160 valence electrons. The molecule has 2 amide bonds. The zero-order valence-corrected chi connectivity index (χ0v) is 18.0. The number of carbonyl (C=O) groups is 1. The van der Waals surface area contributed by atoms with Crippen LogP contribution in [0.4, 0.5) is 4.79 Å². The van der Waals surface area contributed by atoms with E-state index in [1.54, 1.807) is 11.1 Å². The van der Waals surface area contributed by atoms with Crippen LogP contribution in [-0.2, 0) is 17.6 Å². The molecule has 0 saturated carbocycles. The maximum absolute atomic E-state index is 12.7. The van der Waals surface area contributed by atoms with Gasteiger partial charge in [-0.3, -0.25) is 4.90 Å². The van der Waals surface area contributed by atoms with Crippen LogP contribution in [-0.4, -0.2) is 79.3 Å². The van der Waals surface area contributed by atoms with Crippen molar-refractivity contribution in [3.05, 3.63) is 35.4 Å². The van der Waals surface area contributed by atoms with E-state index in [1.165, 1.54) is 38.8 Å². The summed E-state index contributed by atoms with van der Waals surface area (Å²) in [6.07, 6.45) is 7.19. The van der Waals surface area contributed by atoms with Crippen LogP contribution in [0.25, 0.3) is 0 Å². The Morgan fingerprint density at radius 2 is 1.72 bits per heavy atom. The van der Waals surface area contributed by atoms with E-state index in [0.717, 1.165) is 39.0 Å². The third kappa shape index (κ3) is 5.13. The van der Waals surface area contributed by atoms with E-state index in [4.69, 9.17) is 4.74 Å². The summed E-state index contributed by atoms with van der Waals surface area (Å²) in [6, 6.07) is 9.89. The van der Waals surface area contributed by atoms with Gasteiger partial charge in [0.15, 0.2) is 0 Å². The van der Waals surface area contributed by atoms with Crippen molar-refractivity contribution in [1.29, 1.82) is 0 Å². The molecule has 2 aliphatic heterocycles. The average Bonchev–Trinajstić information content (AvgIpc) is 2.79. The van der Waals surface area contributed by atoms with Gasteiger partial charge in [0.25, 0.3) is 0 Å². The molecule has 1 unspecified atom stereocenters. The van der Waals surface area contributed by atoms with Crippen molar-refractivity contribution in [2.24, 2.45) is 5.92 Å². The van der Waals surface area contributed by atoms with Crippen molar-refractivity contribution < 1.29 is 9.53 Å². The molecule has 0 aromatic heterocycles. The van der Waals surface area contributed by atoms with E-state index in [-0.39, 0.29) is 6.03 Å². The number of hydrogen-bond donors (Lipinski definition) is 0. The summed E-state index contributed by atoms with van der Waals surface area (Å²) < 4.78 is 5.38. The summed E-state index contributed by atoms with van der Waals surface area (Å²) in [4.78, 5) is 19.5. The molecule has 5 heteroatoms. The van der Waals surface area contributed by atoms with Crippen LogP contribution >= 0.6 is 0 Å². The van der Waals surface area contributed by atoms with Crippen molar-refractivity contribution in [1.82, 2.24) is 14.7 Å². The Morgan fingerprint density at radius 3 is 2.45 bits per heavy atom. The van der Waals surface area contributed by atoms with Crippen LogP contribution in [0.3, 0.4) is 0 Å². The molecule has 29 heavy (non-hydrogen) atoms. The van der Waals surface area contributed by atoms with E-state index in [0.29, 0.717) is 25.2 Å². The number of piperidine rings is 1. The van der Waals surface area contributed by atoms with Crippen molar-refractivity contribution in [3.63, 3.8) is 0 Å². The number of amides is 2. The molecule has 1 aromatic rings. The number of hydrogen-bond acceptors (Lipinski definition) is 3.